The molecule has 8 heteroatoms. The largest absolute Gasteiger partial charge is 0.495 e. The van der Waals surface area contributed by atoms with Gasteiger partial charge in [0.15, 0.2) is 0 Å². The summed E-state index contributed by atoms with van der Waals surface area (Å²) in [5.74, 6) is 1.79. The topological polar surface area (TPSA) is 103 Å². The molecule has 3 aromatic rings. The molecule has 0 amide bonds. The summed E-state index contributed by atoms with van der Waals surface area (Å²) in [6, 6.07) is 3.83. The second-order valence-corrected chi connectivity index (χ2v) is 6.07. The smallest absolute Gasteiger partial charge is 0.344 e. The minimum absolute atomic E-state index is 0.408. The molecule has 0 atom stereocenters. The third-order valence-electron chi connectivity index (χ3n) is 4.21. The van der Waals surface area contributed by atoms with Gasteiger partial charge in [-0.1, -0.05) is 0 Å². The molecule has 0 aromatic carbocycles. The van der Waals surface area contributed by atoms with E-state index >= 15 is 0 Å². The highest BCUT2D eigenvalue weighted by molar-refractivity contribution is 5.81. The van der Waals surface area contributed by atoms with Gasteiger partial charge in [0.05, 0.1) is 24.6 Å². The molecule has 0 unspecified atom stereocenters. The molecule has 0 saturated carbocycles. The number of aromatic nitrogens is 5. The van der Waals surface area contributed by atoms with Crippen molar-refractivity contribution in [1.82, 2.24) is 24.9 Å². The van der Waals surface area contributed by atoms with Gasteiger partial charge in [0.25, 0.3) is 0 Å². The Morgan fingerprint density at radius 1 is 1.15 bits per heavy atom. The van der Waals surface area contributed by atoms with Crippen LogP contribution in [0.2, 0.25) is 0 Å². The van der Waals surface area contributed by atoms with Crippen LogP contribution >= 0.6 is 0 Å². The van der Waals surface area contributed by atoms with E-state index in [1.807, 2.05) is 12.1 Å². The number of nitrogens with one attached hydrogen (secondary N) is 1. The lowest BCUT2D eigenvalue weighted by Gasteiger charge is -2.09. The van der Waals surface area contributed by atoms with E-state index in [0.717, 1.165) is 17.9 Å². The number of aromatic amines is 1. The lowest BCUT2D eigenvalue weighted by atomic mass is 10.2. The zero-order chi connectivity index (χ0) is 18.8. The van der Waals surface area contributed by atoms with Gasteiger partial charge in [-0.25, -0.2) is 14.8 Å². The molecule has 136 valence electrons. The van der Waals surface area contributed by atoms with E-state index in [1.54, 1.807) is 32.6 Å². The van der Waals surface area contributed by atoms with Crippen molar-refractivity contribution in [1.29, 1.82) is 0 Å². The first-order chi connectivity index (χ1) is 13.1. The summed E-state index contributed by atoms with van der Waals surface area (Å²) in [6.07, 6.45) is 7.27. The van der Waals surface area contributed by atoms with Gasteiger partial charge in [-0.2, -0.15) is 4.98 Å². The molecule has 3 aromatic heterocycles. The number of rotatable bonds is 6. The molecule has 8 nitrogen and oxygen atoms in total. The first kappa shape index (κ1) is 16.9. The first-order valence-electron chi connectivity index (χ1n) is 8.37. The number of pyridine rings is 1. The molecule has 4 rings (SSSR count). The van der Waals surface area contributed by atoms with Gasteiger partial charge in [0.1, 0.15) is 18.2 Å². The number of nitrogens with zero attached hydrogens (tertiary/aromatic N) is 4. The van der Waals surface area contributed by atoms with Crippen LogP contribution in [0.25, 0.3) is 16.7 Å². The Hall–Kier alpha value is -3.55. The Morgan fingerprint density at radius 3 is 2.74 bits per heavy atom. The molecule has 0 aliphatic heterocycles. The quantitative estimate of drug-likeness (QED) is 0.716. The van der Waals surface area contributed by atoms with Crippen LogP contribution in [-0.4, -0.2) is 38.6 Å². The standard InChI is InChI=1S/C19H17N5O3/c1-11-20-9-16(13-6-22-19(25)23-7-13)18(24-11)27-10-12-5-15(12)17-4-3-14(26-2)8-21-17/h3-4,6-9H,5,10H2,1-2H3,(H,22,23,25). The minimum atomic E-state index is -0.408. The number of H-pyrrole nitrogens is 1. The Labute approximate surface area is 155 Å². The van der Waals surface area contributed by atoms with Gasteiger partial charge in [0.2, 0.25) is 5.88 Å². The summed E-state index contributed by atoms with van der Waals surface area (Å²) < 4.78 is 11.1. The van der Waals surface area contributed by atoms with Gasteiger partial charge in [0, 0.05) is 24.2 Å². The third-order valence-corrected chi connectivity index (χ3v) is 4.21. The predicted molar refractivity (Wildman–Crippen MR) is 98.4 cm³/mol. The van der Waals surface area contributed by atoms with Crippen LogP contribution in [0.4, 0.5) is 0 Å². The SMILES string of the molecule is COc1ccc(C2=C(COc3nc(C)ncc3-c3cnc(=O)[nH]c3)C2)nc1. The molecule has 0 radical (unpaired) electrons. The minimum Gasteiger partial charge on any atom is -0.495 e. The van der Waals surface area contributed by atoms with Crippen molar-refractivity contribution >= 4 is 5.57 Å². The van der Waals surface area contributed by atoms with Gasteiger partial charge in [-0.3, -0.25) is 4.98 Å². The van der Waals surface area contributed by atoms with E-state index in [2.05, 4.69) is 24.9 Å². The summed E-state index contributed by atoms with van der Waals surface area (Å²) in [5.41, 5.74) is 4.23. The van der Waals surface area contributed by atoms with Crippen LogP contribution in [0, 0.1) is 6.92 Å². The van der Waals surface area contributed by atoms with Crippen molar-refractivity contribution in [2.24, 2.45) is 0 Å². The van der Waals surface area contributed by atoms with E-state index in [1.165, 1.54) is 17.3 Å². The lowest BCUT2D eigenvalue weighted by molar-refractivity contribution is 0.342. The van der Waals surface area contributed by atoms with Crippen molar-refractivity contribution in [3.63, 3.8) is 0 Å². The third kappa shape index (κ3) is 3.69. The van der Waals surface area contributed by atoms with Crippen molar-refractivity contribution < 1.29 is 9.47 Å². The van der Waals surface area contributed by atoms with Crippen LogP contribution < -0.4 is 15.2 Å². The van der Waals surface area contributed by atoms with E-state index in [-0.39, 0.29) is 0 Å². The fourth-order valence-corrected chi connectivity index (χ4v) is 2.66. The number of hydrogen-bond acceptors (Lipinski definition) is 7. The second-order valence-electron chi connectivity index (χ2n) is 6.07. The Kier molecular flexibility index (Phi) is 4.37. The van der Waals surface area contributed by atoms with Crippen LogP contribution in [0.15, 0.2) is 47.3 Å². The Balaban J connectivity index is 1.53. The summed E-state index contributed by atoms with van der Waals surface area (Å²) in [6.45, 7) is 2.22. The van der Waals surface area contributed by atoms with Gasteiger partial charge in [-0.15, -0.1) is 0 Å². The highest BCUT2D eigenvalue weighted by Crippen LogP contribution is 2.40. The zero-order valence-electron chi connectivity index (χ0n) is 14.9. The summed E-state index contributed by atoms with van der Waals surface area (Å²) in [5, 5.41) is 0. The molecule has 27 heavy (non-hydrogen) atoms. The fraction of sp³-hybridized carbons (Fsp3) is 0.211. The molecular weight excluding hydrogens is 346 g/mol. The van der Waals surface area contributed by atoms with E-state index < -0.39 is 5.69 Å². The van der Waals surface area contributed by atoms with Crippen LogP contribution in [0.5, 0.6) is 11.6 Å². The maximum Gasteiger partial charge on any atom is 0.344 e. The monoisotopic (exact) mass is 363 g/mol. The number of hydrogen-bond donors (Lipinski definition) is 1. The molecule has 1 aliphatic carbocycles. The average molecular weight is 363 g/mol. The molecule has 0 fully saturated rings. The number of methoxy groups -OCH3 is 1. The van der Waals surface area contributed by atoms with E-state index in [9.17, 15) is 4.79 Å². The summed E-state index contributed by atoms with van der Waals surface area (Å²) in [7, 11) is 1.62. The molecule has 1 aliphatic rings. The van der Waals surface area contributed by atoms with Gasteiger partial charge >= 0.3 is 5.69 Å². The predicted octanol–water partition coefficient (Wildman–Crippen LogP) is 2.18. The Bertz CT molecular complexity index is 1050. The van der Waals surface area contributed by atoms with Crippen LogP contribution in [-0.2, 0) is 0 Å². The van der Waals surface area contributed by atoms with Gasteiger partial charge < -0.3 is 14.5 Å². The molecule has 3 heterocycles. The molecule has 1 N–H and O–H groups in total. The molecule has 0 saturated heterocycles. The average Bonchev–Trinajstić information content (AvgIpc) is 3.47. The normalized spacial score (nSPS) is 12.8. The van der Waals surface area contributed by atoms with Gasteiger partial charge in [-0.05, 0) is 36.6 Å². The maximum atomic E-state index is 11.2. The zero-order valence-corrected chi connectivity index (χ0v) is 14.9. The van der Waals surface area contributed by atoms with Crippen molar-refractivity contribution in [2.75, 3.05) is 13.7 Å². The van der Waals surface area contributed by atoms with Crippen LogP contribution in [0.1, 0.15) is 17.9 Å². The molecule has 0 spiro atoms. The summed E-state index contributed by atoms with van der Waals surface area (Å²) >= 11 is 0. The maximum absolute atomic E-state index is 11.2. The lowest BCUT2D eigenvalue weighted by Crippen LogP contribution is -2.09. The number of ether oxygens (including phenoxy) is 2. The van der Waals surface area contributed by atoms with Crippen LogP contribution in [0.3, 0.4) is 0 Å². The highest BCUT2D eigenvalue weighted by Gasteiger charge is 2.25. The summed E-state index contributed by atoms with van der Waals surface area (Å²) in [4.78, 5) is 30.5. The number of allylic oxidation sites excluding steroid dienone is 1. The highest BCUT2D eigenvalue weighted by atomic mass is 16.5. The molecular formula is C19H17N5O3. The fourth-order valence-electron chi connectivity index (χ4n) is 2.66. The van der Waals surface area contributed by atoms with Crippen molar-refractivity contribution in [3.05, 3.63) is 64.5 Å². The molecule has 0 bridgehead atoms. The second kappa shape index (κ2) is 6.99. The number of aryl methyl sites for hydroxylation is 1. The van der Waals surface area contributed by atoms with Crippen molar-refractivity contribution in [2.45, 2.75) is 13.3 Å². The first-order valence-corrected chi connectivity index (χ1v) is 8.37. The van der Waals surface area contributed by atoms with E-state index in [0.29, 0.717) is 29.4 Å². The Morgan fingerprint density at radius 2 is 2.04 bits per heavy atom. The van der Waals surface area contributed by atoms with E-state index in [4.69, 9.17) is 9.47 Å². The van der Waals surface area contributed by atoms with Crippen molar-refractivity contribution in [3.8, 4) is 22.8 Å².